The molecule has 0 aliphatic heterocycles. The molecule has 5 rings (SSSR count). The maximum Gasteiger partial charge on any atom is 0.416 e. The Morgan fingerprint density at radius 2 is 1.46 bits per heavy atom. The second kappa shape index (κ2) is 11.1. The Morgan fingerprint density at radius 1 is 0.780 bits per heavy atom. The largest absolute Gasteiger partial charge is 0.451 e. The Labute approximate surface area is 232 Å². The highest BCUT2D eigenvalue weighted by atomic mass is 19.4. The molecule has 4 aromatic carbocycles. The summed E-state index contributed by atoms with van der Waals surface area (Å²) in [6.45, 7) is 1.39. The molecule has 1 unspecified atom stereocenters. The van der Waals surface area contributed by atoms with Crippen molar-refractivity contribution in [3.8, 4) is 11.1 Å². The Bertz CT molecular complexity index is 1740. The van der Waals surface area contributed by atoms with Crippen molar-refractivity contribution in [3.63, 3.8) is 0 Å². The van der Waals surface area contributed by atoms with Gasteiger partial charge in [-0.15, -0.1) is 0 Å². The van der Waals surface area contributed by atoms with Gasteiger partial charge in [-0.2, -0.15) is 13.2 Å². The molecule has 0 saturated heterocycles. The van der Waals surface area contributed by atoms with Crippen LogP contribution in [0.15, 0.2) is 108 Å². The van der Waals surface area contributed by atoms with Crippen LogP contribution in [0.3, 0.4) is 0 Å². The number of fused-ring (bicyclic) bond motifs is 1. The zero-order valence-corrected chi connectivity index (χ0v) is 21.7. The van der Waals surface area contributed by atoms with E-state index in [1.807, 2.05) is 6.07 Å². The fourth-order valence-electron chi connectivity index (χ4n) is 4.47. The molecule has 1 heterocycles. The predicted octanol–water partition coefficient (Wildman–Crippen LogP) is 7.43. The van der Waals surface area contributed by atoms with E-state index in [4.69, 9.17) is 4.42 Å². The number of ketones is 1. The quantitative estimate of drug-likeness (QED) is 0.218. The maximum atomic E-state index is 13.2. The molecule has 0 radical (unpaired) electrons. The summed E-state index contributed by atoms with van der Waals surface area (Å²) in [4.78, 5) is 38.3. The molecule has 9 heteroatoms. The van der Waals surface area contributed by atoms with Gasteiger partial charge in [-0.25, -0.2) is 0 Å². The summed E-state index contributed by atoms with van der Waals surface area (Å²) in [5.74, 6) is -1.27. The molecule has 0 aliphatic rings. The lowest BCUT2D eigenvalue weighted by Crippen LogP contribution is -2.32. The Morgan fingerprint density at radius 3 is 2.15 bits per heavy atom. The van der Waals surface area contributed by atoms with Gasteiger partial charge in [0.2, 0.25) is 0 Å². The van der Waals surface area contributed by atoms with Gasteiger partial charge in [-0.1, -0.05) is 60.7 Å². The van der Waals surface area contributed by atoms with E-state index in [-0.39, 0.29) is 17.1 Å². The van der Waals surface area contributed by atoms with Crippen molar-refractivity contribution in [2.24, 2.45) is 0 Å². The topological polar surface area (TPSA) is 88.4 Å². The lowest BCUT2D eigenvalue weighted by molar-refractivity contribution is -0.137. The van der Waals surface area contributed by atoms with Crippen LogP contribution in [0.4, 0.5) is 18.9 Å². The van der Waals surface area contributed by atoms with E-state index in [0.717, 1.165) is 12.1 Å². The summed E-state index contributed by atoms with van der Waals surface area (Å²) in [5, 5.41) is 6.04. The molecule has 2 amide bonds. The minimum absolute atomic E-state index is 0.00157. The first-order chi connectivity index (χ1) is 19.6. The van der Waals surface area contributed by atoms with Crippen molar-refractivity contribution >= 4 is 34.3 Å². The van der Waals surface area contributed by atoms with Gasteiger partial charge in [-0.05, 0) is 66.1 Å². The number of hydrogen-bond acceptors (Lipinski definition) is 4. The van der Waals surface area contributed by atoms with Gasteiger partial charge in [0.05, 0.1) is 5.56 Å². The summed E-state index contributed by atoms with van der Waals surface area (Å²) in [7, 11) is 0. The number of rotatable bonds is 7. The van der Waals surface area contributed by atoms with Gasteiger partial charge in [0.25, 0.3) is 11.8 Å². The van der Waals surface area contributed by atoms with Crippen LogP contribution in [0.2, 0.25) is 0 Å². The summed E-state index contributed by atoms with van der Waals surface area (Å²) < 4.78 is 44.6. The minimum Gasteiger partial charge on any atom is -0.451 e. The Balaban J connectivity index is 1.35. The summed E-state index contributed by atoms with van der Waals surface area (Å²) in [5.41, 5.74) is 1.90. The Hall–Kier alpha value is -5.18. The lowest BCUT2D eigenvalue weighted by atomic mass is 9.98. The van der Waals surface area contributed by atoms with Crippen molar-refractivity contribution in [3.05, 3.63) is 126 Å². The smallest absolute Gasteiger partial charge is 0.416 e. The van der Waals surface area contributed by atoms with E-state index in [1.165, 1.54) is 25.1 Å². The number of Topliss-reactive ketones (excluding diaryl/α,β-unsaturated/α-hetero) is 1. The second-order valence-corrected chi connectivity index (χ2v) is 9.37. The molecule has 0 bridgehead atoms. The van der Waals surface area contributed by atoms with Crippen LogP contribution in [0.1, 0.15) is 45.0 Å². The van der Waals surface area contributed by atoms with Crippen molar-refractivity contribution in [2.45, 2.75) is 19.1 Å². The van der Waals surface area contributed by atoms with Crippen LogP contribution in [0.25, 0.3) is 22.1 Å². The second-order valence-electron chi connectivity index (χ2n) is 9.37. The van der Waals surface area contributed by atoms with Crippen molar-refractivity contribution in [1.82, 2.24) is 5.32 Å². The van der Waals surface area contributed by atoms with Gasteiger partial charge in [0, 0.05) is 16.6 Å². The predicted molar refractivity (Wildman–Crippen MR) is 148 cm³/mol. The standard InChI is InChI=1S/C32H23F3N2O4/c1-19(38)29(21-7-3-2-4-8-21)37-31(40)28-18-22-17-24(15-16-27(22)41-28)36-30(39)26-10-6-5-9-25(26)20-11-13-23(14-12-20)32(33,34)35/h2-18,29H,1H3,(H,36,39)(H,37,40). The minimum atomic E-state index is -4.46. The molecule has 0 spiro atoms. The summed E-state index contributed by atoms with van der Waals surface area (Å²) in [6, 6.07) is 25.6. The van der Waals surface area contributed by atoms with Crippen LogP contribution < -0.4 is 10.6 Å². The van der Waals surface area contributed by atoms with Gasteiger partial charge < -0.3 is 15.1 Å². The third-order valence-electron chi connectivity index (χ3n) is 6.51. The van der Waals surface area contributed by atoms with Crippen LogP contribution in [-0.2, 0) is 11.0 Å². The molecule has 5 aromatic rings. The molecule has 1 aromatic heterocycles. The fourth-order valence-corrected chi connectivity index (χ4v) is 4.47. The van der Waals surface area contributed by atoms with E-state index >= 15 is 0 Å². The van der Waals surface area contributed by atoms with Crippen molar-refractivity contribution < 1.29 is 32.0 Å². The molecule has 41 heavy (non-hydrogen) atoms. The molecule has 1 atom stereocenters. The fraction of sp³-hybridized carbons (Fsp3) is 0.0938. The van der Waals surface area contributed by atoms with Crippen LogP contribution in [0, 0.1) is 0 Å². The van der Waals surface area contributed by atoms with E-state index in [1.54, 1.807) is 66.7 Å². The van der Waals surface area contributed by atoms with Gasteiger partial charge in [-0.3, -0.25) is 14.4 Å². The summed E-state index contributed by atoms with van der Waals surface area (Å²) in [6.07, 6.45) is -4.46. The van der Waals surface area contributed by atoms with Gasteiger partial charge in [0.1, 0.15) is 11.6 Å². The first-order valence-electron chi connectivity index (χ1n) is 12.6. The third kappa shape index (κ3) is 6.04. The number of nitrogens with one attached hydrogen (secondary N) is 2. The van der Waals surface area contributed by atoms with Gasteiger partial charge in [0.15, 0.2) is 11.5 Å². The molecular weight excluding hydrogens is 533 g/mol. The number of carbonyl (C=O) groups is 3. The van der Waals surface area contributed by atoms with Crippen molar-refractivity contribution in [2.75, 3.05) is 5.32 Å². The number of benzene rings is 4. The van der Waals surface area contributed by atoms with E-state index in [0.29, 0.717) is 33.3 Å². The zero-order valence-electron chi connectivity index (χ0n) is 21.7. The highest BCUT2D eigenvalue weighted by Crippen LogP contribution is 2.32. The Kier molecular flexibility index (Phi) is 7.43. The number of anilines is 1. The highest BCUT2D eigenvalue weighted by molar-refractivity contribution is 6.09. The number of furan rings is 1. The molecule has 0 saturated carbocycles. The van der Waals surface area contributed by atoms with E-state index in [2.05, 4.69) is 10.6 Å². The van der Waals surface area contributed by atoms with Crippen molar-refractivity contribution in [1.29, 1.82) is 0 Å². The number of hydrogen-bond donors (Lipinski definition) is 2. The molecule has 6 nitrogen and oxygen atoms in total. The van der Waals surface area contributed by atoms with E-state index < -0.39 is 29.6 Å². The highest BCUT2D eigenvalue weighted by Gasteiger charge is 2.30. The molecular formula is C32H23F3N2O4. The molecule has 0 aliphatic carbocycles. The maximum absolute atomic E-state index is 13.2. The van der Waals surface area contributed by atoms with Crippen LogP contribution in [0.5, 0.6) is 0 Å². The van der Waals surface area contributed by atoms with Crippen LogP contribution >= 0.6 is 0 Å². The number of carbonyl (C=O) groups excluding carboxylic acids is 3. The molecule has 206 valence electrons. The molecule has 2 N–H and O–H groups in total. The van der Waals surface area contributed by atoms with Gasteiger partial charge >= 0.3 is 6.18 Å². The third-order valence-corrected chi connectivity index (χ3v) is 6.51. The number of halogens is 3. The zero-order chi connectivity index (χ0) is 29.1. The first kappa shape index (κ1) is 27.4. The number of amides is 2. The molecule has 0 fully saturated rings. The average molecular weight is 557 g/mol. The first-order valence-corrected chi connectivity index (χ1v) is 12.6. The van der Waals surface area contributed by atoms with E-state index in [9.17, 15) is 27.6 Å². The van der Waals surface area contributed by atoms with Crippen LogP contribution in [-0.4, -0.2) is 17.6 Å². The number of alkyl halides is 3. The average Bonchev–Trinajstić information content (AvgIpc) is 3.39. The normalized spacial score (nSPS) is 12.1. The SMILES string of the molecule is CC(=O)C(NC(=O)c1cc2cc(NC(=O)c3ccccc3-c3ccc(C(F)(F)F)cc3)ccc2o1)c1ccccc1. The monoisotopic (exact) mass is 556 g/mol. The lowest BCUT2D eigenvalue weighted by Gasteiger charge is -2.15. The summed E-state index contributed by atoms with van der Waals surface area (Å²) >= 11 is 0.